The Hall–Kier alpha value is -1.42. The number of ether oxygens (including phenoxy) is 1. The van der Waals surface area contributed by atoms with E-state index in [2.05, 4.69) is 15.9 Å². The Morgan fingerprint density at radius 2 is 1.76 bits per heavy atom. The van der Waals surface area contributed by atoms with Crippen molar-refractivity contribution in [3.63, 3.8) is 0 Å². The summed E-state index contributed by atoms with van der Waals surface area (Å²) in [5, 5.41) is 0. The maximum absolute atomic E-state index is 13.5. The fourth-order valence-electron chi connectivity index (χ4n) is 1.36. The van der Waals surface area contributed by atoms with Gasteiger partial charge in [-0.3, -0.25) is 0 Å². The summed E-state index contributed by atoms with van der Waals surface area (Å²) in [6, 6.07) is 8.88. The normalized spacial score (nSPS) is 10.4. The van der Waals surface area contributed by atoms with Crippen molar-refractivity contribution in [1.29, 1.82) is 0 Å². The van der Waals surface area contributed by atoms with Crippen LogP contribution in [0.1, 0.15) is 5.56 Å². The van der Waals surface area contributed by atoms with E-state index < -0.39 is 11.6 Å². The second-order valence-electron chi connectivity index (χ2n) is 3.61. The molecule has 0 atom stereocenters. The average Bonchev–Trinajstić information content (AvgIpc) is 2.27. The molecular formula is C13H9BrF2O. The van der Waals surface area contributed by atoms with Crippen LogP contribution in [0.15, 0.2) is 40.9 Å². The quantitative estimate of drug-likeness (QED) is 0.772. The summed E-state index contributed by atoms with van der Waals surface area (Å²) in [6.45, 7) is 1.78. The lowest BCUT2D eigenvalue weighted by molar-refractivity contribution is 0.438. The molecule has 0 fully saturated rings. The molecule has 0 amide bonds. The van der Waals surface area contributed by atoms with Gasteiger partial charge in [-0.25, -0.2) is 8.78 Å². The monoisotopic (exact) mass is 298 g/mol. The van der Waals surface area contributed by atoms with Gasteiger partial charge in [-0.2, -0.15) is 0 Å². The van der Waals surface area contributed by atoms with Crippen LogP contribution in [0.4, 0.5) is 8.78 Å². The molecule has 0 saturated carbocycles. The molecule has 0 aliphatic heterocycles. The summed E-state index contributed by atoms with van der Waals surface area (Å²) in [4.78, 5) is 0. The molecule has 0 spiro atoms. The summed E-state index contributed by atoms with van der Waals surface area (Å²) in [5.74, 6) is -0.575. The van der Waals surface area contributed by atoms with E-state index in [1.165, 1.54) is 24.3 Å². The second kappa shape index (κ2) is 4.84. The lowest BCUT2D eigenvalue weighted by Gasteiger charge is -2.07. The molecule has 2 aromatic carbocycles. The van der Waals surface area contributed by atoms with Gasteiger partial charge >= 0.3 is 0 Å². The summed E-state index contributed by atoms with van der Waals surface area (Å²) >= 11 is 3.03. The molecule has 0 aliphatic rings. The van der Waals surface area contributed by atoms with Crippen LogP contribution in [0, 0.1) is 18.6 Å². The van der Waals surface area contributed by atoms with Gasteiger partial charge in [0.25, 0.3) is 0 Å². The second-order valence-corrected chi connectivity index (χ2v) is 4.47. The Kier molecular flexibility index (Phi) is 3.43. The van der Waals surface area contributed by atoms with Crippen molar-refractivity contribution in [2.75, 3.05) is 0 Å². The smallest absolute Gasteiger partial charge is 0.165 e. The summed E-state index contributed by atoms with van der Waals surface area (Å²) < 4.78 is 32.3. The third-order valence-electron chi connectivity index (χ3n) is 2.21. The Morgan fingerprint density at radius 1 is 1.00 bits per heavy atom. The molecule has 1 nitrogen and oxygen atoms in total. The van der Waals surface area contributed by atoms with Crippen LogP contribution >= 0.6 is 15.9 Å². The minimum absolute atomic E-state index is 0.0809. The Bertz CT molecular complexity index is 555. The van der Waals surface area contributed by atoms with Gasteiger partial charge in [0.1, 0.15) is 11.6 Å². The highest BCUT2D eigenvalue weighted by Crippen LogP contribution is 2.27. The number of aryl methyl sites for hydroxylation is 1. The first kappa shape index (κ1) is 12.0. The van der Waals surface area contributed by atoms with Crippen molar-refractivity contribution < 1.29 is 13.5 Å². The van der Waals surface area contributed by atoms with Crippen molar-refractivity contribution in [3.8, 4) is 11.5 Å². The van der Waals surface area contributed by atoms with E-state index in [1.54, 1.807) is 19.1 Å². The number of benzene rings is 2. The van der Waals surface area contributed by atoms with Gasteiger partial charge in [0.2, 0.25) is 0 Å². The van der Waals surface area contributed by atoms with Gasteiger partial charge in [0.05, 0.1) is 4.47 Å². The maximum atomic E-state index is 13.5. The highest BCUT2D eigenvalue weighted by atomic mass is 79.9. The third-order valence-corrected chi connectivity index (χ3v) is 2.85. The topological polar surface area (TPSA) is 9.23 Å². The maximum Gasteiger partial charge on any atom is 0.165 e. The summed E-state index contributed by atoms with van der Waals surface area (Å²) in [5.41, 5.74) is 0.803. The van der Waals surface area contributed by atoms with Gasteiger partial charge in [-0.1, -0.05) is 6.07 Å². The molecule has 0 radical (unpaired) electrons. The zero-order valence-electron chi connectivity index (χ0n) is 9.01. The summed E-state index contributed by atoms with van der Waals surface area (Å²) in [6.07, 6.45) is 0. The average molecular weight is 299 g/mol. The van der Waals surface area contributed by atoms with Gasteiger partial charge < -0.3 is 4.74 Å². The van der Waals surface area contributed by atoms with Crippen LogP contribution < -0.4 is 4.74 Å². The van der Waals surface area contributed by atoms with Gasteiger partial charge in [0, 0.05) is 6.07 Å². The molecule has 2 rings (SSSR count). The predicted octanol–water partition coefficient (Wildman–Crippen LogP) is 4.83. The fourth-order valence-corrected chi connectivity index (χ4v) is 1.60. The molecule has 0 heterocycles. The van der Waals surface area contributed by atoms with Gasteiger partial charge in [-0.05, 0) is 52.7 Å². The van der Waals surface area contributed by atoms with Crippen LogP contribution in [-0.2, 0) is 0 Å². The minimum atomic E-state index is -0.465. The zero-order chi connectivity index (χ0) is 12.4. The zero-order valence-corrected chi connectivity index (χ0v) is 10.6. The molecule has 88 valence electrons. The van der Waals surface area contributed by atoms with Crippen molar-refractivity contribution in [2.24, 2.45) is 0 Å². The number of halogens is 3. The SMILES string of the molecule is Cc1ccc(Oc2ccc(Br)c(F)c2)c(F)c1. The van der Waals surface area contributed by atoms with Crippen molar-refractivity contribution >= 4 is 15.9 Å². The van der Waals surface area contributed by atoms with E-state index in [-0.39, 0.29) is 11.5 Å². The molecule has 0 aromatic heterocycles. The van der Waals surface area contributed by atoms with E-state index >= 15 is 0 Å². The minimum Gasteiger partial charge on any atom is -0.454 e. The van der Waals surface area contributed by atoms with Crippen LogP contribution in [0.3, 0.4) is 0 Å². The van der Waals surface area contributed by atoms with Crippen molar-refractivity contribution in [3.05, 3.63) is 58.1 Å². The lowest BCUT2D eigenvalue weighted by Crippen LogP contribution is -1.90. The number of rotatable bonds is 2. The van der Waals surface area contributed by atoms with E-state index in [0.29, 0.717) is 4.47 Å². The molecule has 0 N–H and O–H groups in total. The lowest BCUT2D eigenvalue weighted by atomic mass is 10.2. The first-order valence-corrected chi connectivity index (χ1v) is 5.74. The van der Waals surface area contributed by atoms with E-state index in [0.717, 1.165) is 5.56 Å². The highest BCUT2D eigenvalue weighted by molar-refractivity contribution is 9.10. The third kappa shape index (κ3) is 2.82. The Balaban J connectivity index is 2.28. The van der Waals surface area contributed by atoms with Gasteiger partial charge in [-0.15, -0.1) is 0 Å². The Labute approximate surface area is 106 Å². The van der Waals surface area contributed by atoms with Gasteiger partial charge in [0.15, 0.2) is 11.6 Å². The number of hydrogen-bond donors (Lipinski definition) is 0. The fraction of sp³-hybridized carbons (Fsp3) is 0.0769. The molecule has 0 aliphatic carbocycles. The van der Waals surface area contributed by atoms with Crippen LogP contribution in [0.2, 0.25) is 0 Å². The Morgan fingerprint density at radius 3 is 2.41 bits per heavy atom. The van der Waals surface area contributed by atoms with Crippen molar-refractivity contribution in [2.45, 2.75) is 6.92 Å². The first-order valence-electron chi connectivity index (χ1n) is 4.95. The van der Waals surface area contributed by atoms with E-state index in [4.69, 9.17) is 4.74 Å². The summed E-state index contributed by atoms with van der Waals surface area (Å²) in [7, 11) is 0. The molecule has 0 saturated heterocycles. The highest BCUT2D eigenvalue weighted by Gasteiger charge is 2.06. The predicted molar refractivity (Wildman–Crippen MR) is 65.3 cm³/mol. The van der Waals surface area contributed by atoms with Crippen LogP contribution in [-0.4, -0.2) is 0 Å². The largest absolute Gasteiger partial charge is 0.454 e. The van der Waals surface area contributed by atoms with E-state index in [1.807, 2.05) is 0 Å². The van der Waals surface area contributed by atoms with Crippen molar-refractivity contribution in [1.82, 2.24) is 0 Å². The first-order chi connectivity index (χ1) is 8.06. The molecule has 4 heteroatoms. The standard InChI is InChI=1S/C13H9BrF2O/c1-8-2-5-13(12(16)6-8)17-9-3-4-10(14)11(15)7-9/h2-7H,1H3. The van der Waals surface area contributed by atoms with Crippen LogP contribution in [0.25, 0.3) is 0 Å². The molecule has 17 heavy (non-hydrogen) atoms. The molecule has 2 aromatic rings. The number of hydrogen-bond acceptors (Lipinski definition) is 1. The molecule has 0 unspecified atom stereocenters. The molecular weight excluding hydrogens is 290 g/mol. The van der Waals surface area contributed by atoms with Crippen LogP contribution in [0.5, 0.6) is 11.5 Å². The van der Waals surface area contributed by atoms with E-state index in [9.17, 15) is 8.78 Å². The molecule has 0 bridgehead atoms.